The van der Waals surface area contributed by atoms with Gasteiger partial charge in [0, 0.05) is 21.2 Å². The summed E-state index contributed by atoms with van der Waals surface area (Å²) in [7, 11) is 0. The first-order valence-corrected chi connectivity index (χ1v) is 10.5. The zero-order valence-corrected chi connectivity index (χ0v) is 18.5. The number of hydrogen-bond acceptors (Lipinski definition) is 5. The fourth-order valence-corrected chi connectivity index (χ4v) is 4.58. The smallest absolute Gasteiger partial charge is 0.325 e. The Hall–Kier alpha value is -2.22. The van der Waals surface area contributed by atoms with Crippen LogP contribution in [-0.2, 0) is 14.3 Å². The highest BCUT2D eigenvalue weighted by Crippen LogP contribution is 2.63. The molecular weight excluding hydrogens is 438 g/mol. The quantitative estimate of drug-likeness (QED) is 0.500. The van der Waals surface area contributed by atoms with Gasteiger partial charge >= 0.3 is 5.97 Å². The lowest BCUT2D eigenvalue weighted by Crippen LogP contribution is -2.35. The second-order valence-corrected chi connectivity index (χ2v) is 9.35. The fraction of sp³-hybridized carbons (Fsp3) is 0.524. The van der Waals surface area contributed by atoms with Gasteiger partial charge in [0.2, 0.25) is 0 Å². The van der Waals surface area contributed by atoms with Gasteiger partial charge in [0.05, 0.1) is 0 Å². The Morgan fingerprint density at radius 3 is 2.48 bits per heavy atom. The molecule has 1 aromatic carbocycles. The third-order valence-electron chi connectivity index (χ3n) is 6.69. The van der Waals surface area contributed by atoms with Gasteiger partial charge in [-0.25, -0.2) is 5.43 Å². The number of esters is 1. The Morgan fingerprint density at radius 1 is 1.21 bits per heavy atom. The van der Waals surface area contributed by atoms with Crippen molar-refractivity contribution in [2.24, 2.45) is 21.8 Å². The molecule has 0 spiro atoms. The maximum absolute atomic E-state index is 12.0. The molecule has 156 valence electrons. The largest absolute Gasteiger partial charge is 0.454 e. The monoisotopic (exact) mass is 463 g/mol. The minimum absolute atomic E-state index is 0.00106. The van der Waals surface area contributed by atoms with Crippen molar-refractivity contribution in [3.8, 4) is 0 Å². The minimum Gasteiger partial charge on any atom is -0.454 e. The summed E-state index contributed by atoms with van der Waals surface area (Å²) in [5.41, 5.74) is 4.12. The van der Waals surface area contributed by atoms with Crippen molar-refractivity contribution >= 4 is 39.4 Å². The van der Waals surface area contributed by atoms with Crippen LogP contribution in [-0.4, -0.2) is 36.6 Å². The lowest BCUT2D eigenvalue weighted by molar-refractivity contribution is -0.147. The fourth-order valence-electron chi connectivity index (χ4n) is 4.31. The Labute approximate surface area is 178 Å². The zero-order chi connectivity index (χ0) is 21.2. The molecular formula is C21H26BrN3O4. The van der Waals surface area contributed by atoms with Gasteiger partial charge < -0.3 is 10.1 Å². The lowest BCUT2D eigenvalue weighted by Gasteiger charge is -2.34. The van der Waals surface area contributed by atoms with Gasteiger partial charge in [0.1, 0.15) is 6.54 Å². The average molecular weight is 464 g/mol. The average Bonchev–Trinajstić information content (AvgIpc) is 3.02. The molecule has 2 amide bonds. The molecule has 0 aliphatic heterocycles. The molecule has 2 fully saturated rings. The van der Waals surface area contributed by atoms with Crippen LogP contribution < -0.4 is 10.7 Å². The van der Waals surface area contributed by atoms with E-state index in [0.29, 0.717) is 11.5 Å². The van der Waals surface area contributed by atoms with Crippen LogP contribution in [0.3, 0.4) is 0 Å². The maximum Gasteiger partial charge on any atom is 0.325 e. The first-order valence-electron chi connectivity index (χ1n) is 9.69. The highest BCUT2D eigenvalue weighted by Gasteiger charge is 2.60. The molecule has 0 saturated heterocycles. The first kappa shape index (κ1) is 21.5. The van der Waals surface area contributed by atoms with Gasteiger partial charge in [0.15, 0.2) is 6.61 Å². The number of amides is 2. The van der Waals surface area contributed by atoms with E-state index in [9.17, 15) is 14.4 Å². The Kier molecular flexibility index (Phi) is 6.12. The van der Waals surface area contributed by atoms with E-state index in [1.807, 2.05) is 0 Å². The van der Waals surface area contributed by atoms with Crippen LogP contribution in [0, 0.1) is 16.7 Å². The van der Waals surface area contributed by atoms with Gasteiger partial charge in [-0.1, -0.05) is 36.7 Å². The number of nitrogens with one attached hydrogen (secondary N) is 2. The molecule has 2 saturated carbocycles. The van der Waals surface area contributed by atoms with Crippen molar-refractivity contribution in [3.05, 3.63) is 34.3 Å². The summed E-state index contributed by atoms with van der Waals surface area (Å²) >= 11 is 3.29. The summed E-state index contributed by atoms with van der Waals surface area (Å²) in [5.74, 6) is -0.978. The number of carbonyl (C=O) groups is 3. The first-order chi connectivity index (χ1) is 13.6. The molecule has 0 heterocycles. The van der Waals surface area contributed by atoms with E-state index in [1.165, 1.54) is 6.42 Å². The Morgan fingerprint density at radius 2 is 1.90 bits per heavy atom. The van der Waals surface area contributed by atoms with Crippen LogP contribution in [0.15, 0.2) is 33.8 Å². The van der Waals surface area contributed by atoms with E-state index in [1.54, 1.807) is 24.3 Å². The number of fused-ring (bicyclic) bond motifs is 2. The van der Waals surface area contributed by atoms with Crippen LogP contribution in [0.2, 0.25) is 0 Å². The van der Waals surface area contributed by atoms with E-state index in [4.69, 9.17) is 4.74 Å². The molecule has 7 nitrogen and oxygen atoms in total. The van der Waals surface area contributed by atoms with Crippen molar-refractivity contribution in [1.82, 2.24) is 10.7 Å². The minimum atomic E-state index is -0.689. The third-order valence-corrected chi connectivity index (χ3v) is 7.22. The van der Waals surface area contributed by atoms with Gasteiger partial charge in [-0.15, -0.1) is 0 Å². The predicted octanol–water partition coefficient (Wildman–Crippen LogP) is 3.04. The second-order valence-electron chi connectivity index (χ2n) is 8.44. The zero-order valence-electron chi connectivity index (χ0n) is 16.9. The van der Waals surface area contributed by atoms with Crippen molar-refractivity contribution in [3.63, 3.8) is 0 Å². The molecule has 0 aromatic heterocycles. The van der Waals surface area contributed by atoms with Crippen molar-refractivity contribution in [1.29, 1.82) is 0 Å². The van der Waals surface area contributed by atoms with Crippen LogP contribution in [0.1, 0.15) is 50.4 Å². The summed E-state index contributed by atoms with van der Waals surface area (Å²) in [6, 6.07) is 6.73. The number of ether oxygens (including phenoxy) is 1. The number of hydrogen-bond donors (Lipinski definition) is 2. The SMILES string of the molecule is CC12CCC(C/C1=N/NC(=O)COC(=O)CNC(=O)c1ccc(Br)cc1)C2(C)C. The topological polar surface area (TPSA) is 96.9 Å². The molecule has 29 heavy (non-hydrogen) atoms. The standard InChI is InChI=1S/C21H26BrN3O4/c1-20(2)14-8-9-21(20,3)16(10-14)24-25-17(26)12-29-18(27)11-23-19(28)13-4-6-15(22)7-5-13/h4-7,14H,8-12H2,1-3H3,(H,23,28)(H,25,26)/b24-16-. The summed E-state index contributed by atoms with van der Waals surface area (Å²) in [5, 5.41) is 6.79. The summed E-state index contributed by atoms with van der Waals surface area (Å²) in [4.78, 5) is 35.7. The molecule has 2 aliphatic rings. The second kappa shape index (κ2) is 8.26. The van der Waals surface area contributed by atoms with Gasteiger partial charge in [-0.05, 0) is 54.9 Å². The molecule has 2 unspecified atom stereocenters. The molecule has 1 aromatic rings. The molecule has 2 atom stereocenters. The van der Waals surface area contributed by atoms with E-state index in [-0.39, 0.29) is 17.4 Å². The van der Waals surface area contributed by atoms with E-state index < -0.39 is 24.4 Å². The molecule has 2 bridgehead atoms. The van der Waals surface area contributed by atoms with Crippen molar-refractivity contribution in [2.75, 3.05) is 13.2 Å². The highest BCUT2D eigenvalue weighted by molar-refractivity contribution is 9.10. The molecule has 2 N–H and O–H groups in total. The van der Waals surface area contributed by atoms with Gasteiger partial charge in [0.25, 0.3) is 11.8 Å². The van der Waals surface area contributed by atoms with E-state index in [0.717, 1.165) is 23.0 Å². The van der Waals surface area contributed by atoms with E-state index in [2.05, 4.69) is 52.5 Å². The molecule has 2 aliphatic carbocycles. The summed E-state index contributed by atoms with van der Waals surface area (Å²) in [6.45, 7) is 5.98. The van der Waals surface area contributed by atoms with Crippen molar-refractivity contribution < 1.29 is 19.1 Å². The van der Waals surface area contributed by atoms with Gasteiger partial charge in [-0.2, -0.15) is 5.10 Å². The summed E-state index contributed by atoms with van der Waals surface area (Å²) in [6.07, 6.45) is 3.16. The predicted molar refractivity (Wildman–Crippen MR) is 112 cm³/mol. The lowest BCUT2D eigenvalue weighted by atomic mass is 9.70. The normalized spacial score (nSPS) is 25.7. The Balaban J connectivity index is 1.41. The molecule has 8 heteroatoms. The number of rotatable bonds is 6. The number of halogens is 1. The van der Waals surface area contributed by atoms with Crippen LogP contribution in [0.5, 0.6) is 0 Å². The summed E-state index contributed by atoms with van der Waals surface area (Å²) < 4.78 is 5.76. The molecule has 3 rings (SSSR count). The number of nitrogens with zero attached hydrogens (tertiary/aromatic N) is 1. The van der Waals surface area contributed by atoms with E-state index >= 15 is 0 Å². The number of benzene rings is 1. The molecule has 0 radical (unpaired) electrons. The van der Waals surface area contributed by atoms with Crippen molar-refractivity contribution in [2.45, 2.75) is 40.0 Å². The third kappa shape index (κ3) is 4.37. The number of hydrazone groups is 1. The Bertz CT molecular complexity index is 850. The van der Waals surface area contributed by atoms with Gasteiger partial charge in [-0.3, -0.25) is 14.4 Å². The van der Waals surface area contributed by atoms with Crippen LogP contribution in [0.25, 0.3) is 0 Å². The van der Waals surface area contributed by atoms with Crippen LogP contribution >= 0.6 is 15.9 Å². The van der Waals surface area contributed by atoms with Crippen LogP contribution in [0.4, 0.5) is 0 Å². The maximum atomic E-state index is 12.0. The highest BCUT2D eigenvalue weighted by atomic mass is 79.9. The number of carbonyl (C=O) groups excluding carboxylic acids is 3.